The molecule has 0 saturated carbocycles. The fraction of sp³-hybridized carbons (Fsp3) is 0.455. The fourth-order valence-electron chi connectivity index (χ4n) is 5.53. The normalized spacial score (nSPS) is 19.4. The molecule has 214 valence electrons. The van der Waals surface area contributed by atoms with E-state index < -0.39 is 0 Å². The van der Waals surface area contributed by atoms with Crippen LogP contribution in [0.2, 0.25) is 0 Å². The van der Waals surface area contributed by atoms with E-state index >= 15 is 0 Å². The third-order valence-corrected chi connectivity index (χ3v) is 8.45. The molecular formula is C33H43N3O4. The number of Topliss-reactive ketones (excluding diaryl/α,β-unsaturated/α-hetero) is 1. The molecule has 7 heteroatoms. The van der Waals surface area contributed by atoms with Crippen molar-refractivity contribution in [1.82, 2.24) is 15.1 Å². The molecule has 2 aromatic carbocycles. The number of likely N-dealkylation sites (tertiary alicyclic amines) is 1. The average Bonchev–Trinajstić information content (AvgIpc) is 3.41. The quantitative estimate of drug-likeness (QED) is 0.328. The molecule has 5 rings (SSSR count). The van der Waals surface area contributed by atoms with Gasteiger partial charge in [-0.3, -0.25) is 14.7 Å². The van der Waals surface area contributed by atoms with Crippen LogP contribution < -0.4 is 15.0 Å². The van der Waals surface area contributed by atoms with Gasteiger partial charge in [0, 0.05) is 17.8 Å². The molecule has 3 heterocycles. The van der Waals surface area contributed by atoms with Gasteiger partial charge in [-0.15, -0.1) is 0 Å². The van der Waals surface area contributed by atoms with E-state index in [2.05, 4.69) is 42.9 Å². The largest absolute Gasteiger partial charge is 0.497 e. The summed E-state index contributed by atoms with van der Waals surface area (Å²) in [4.78, 5) is 28.2. The number of fused-ring (bicyclic) bond motifs is 1. The number of allylic oxidation sites excluding steroid dienone is 2. The maximum Gasteiger partial charge on any atom is 0.271 e. The zero-order valence-corrected chi connectivity index (χ0v) is 24.7. The van der Waals surface area contributed by atoms with Crippen molar-refractivity contribution in [3.05, 3.63) is 75.7 Å². The Morgan fingerprint density at radius 3 is 2.58 bits per heavy atom. The van der Waals surface area contributed by atoms with Gasteiger partial charge in [-0.2, -0.15) is 0 Å². The number of nitrogens with one attached hydrogen (secondary N) is 2. The molecule has 0 spiro atoms. The zero-order chi connectivity index (χ0) is 28.8. The SMILES string of the molecule is C/C=C(/C(=O)C1COc2ccc(OC)cc2C1)c1ccc(-c2c[nH][nH]c2=O)cc1C(C)CC.CCC1CCN1C. The molecule has 40 heavy (non-hydrogen) atoms. The second-order valence-electron chi connectivity index (χ2n) is 10.9. The highest BCUT2D eigenvalue weighted by atomic mass is 16.5. The van der Waals surface area contributed by atoms with E-state index in [9.17, 15) is 9.59 Å². The Morgan fingerprint density at radius 2 is 2.02 bits per heavy atom. The Hall–Kier alpha value is -3.58. The molecule has 3 atom stereocenters. The molecular weight excluding hydrogens is 502 g/mol. The van der Waals surface area contributed by atoms with Gasteiger partial charge < -0.3 is 19.5 Å². The third-order valence-electron chi connectivity index (χ3n) is 8.45. The topological polar surface area (TPSA) is 87.4 Å². The summed E-state index contributed by atoms with van der Waals surface area (Å²) in [5, 5.41) is 5.35. The number of carbonyl (C=O) groups is 1. The van der Waals surface area contributed by atoms with Crippen molar-refractivity contribution in [3.63, 3.8) is 0 Å². The second-order valence-corrected chi connectivity index (χ2v) is 10.9. The van der Waals surface area contributed by atoms with Gasteiger partial charge in [0.25, 0.3) is 5.56 Å². The molecule has 3 unspecified atom stereocenters. The van der Waals surface area contributed by atoms with Gasteiger partial charge in [-0.1, -0.05) is 45.0 Å². The molecule has 0 radical (unpaired) electrons. The van der Waals surface area contributed by atoms with E-state index in [1.54, 1.807) is 13.3 Å². The number of nitrogens with zero attached hydrogens (tertiary/aromatic N) is 1. The van der Waals surface area contributed by atoms with Crippen molar-refractivity contribution < 1.29 is 14.3 Å². The number of ether oxygens (including phenoxy) is 2. The summed E-state index contributed by atoms with van der Waals surface area (Å²) in [6.07, 6.45) is 7.85. The highest BCUT2D eigenvalue weighted by Crippen LogP contribution is 2.36. The number of aromatic nitrogens is 2. The van der Waals surface area contributed by atoms with Crippen LogP contribution in [-0.2, 0) is 11.2 Å². The predicted molar refractivity (Wildman–Crippen MR) is 161 cm³/mol. The number of carbonyl (C=O) groups excluding carboxylic acids is 1. The van der Waals surface area contributed by atoms with Crippen molar-refractivity contribution in [3.8, 4) is 22.6 Å². The van der Waals surface area contributed by atoms with Crippen LogP contribution in [0, 0.1) is 5.92 Å². The number of rotatable bonds is 8. The summed E-state index contributed by atoms with van der Waals surface area (Å²) in [6, 6.07) is 12.5. The fourth-order valence-corrected chi connectivity index (χ4v) is 5.53. The number of ketones is 1. The van der Waals surface area contributed by atoms with Gasteiger partial charge in [0.05, 0.1) is 25.2 Å². The summed E-state index contributed by atoms with van der Waals surface area (Å²) in [5.74, 6) is 1.60. The third kappa shape index (κ3) is 6.25. The molecule has 2 aliphatic rings. The Kier molecular flexibility index (Phi) is 9.69. The molecule has 1 fully saturated rings. The van der Waals surface area contributed by atoms with Crippen LogP contribution in [0.1, 0.15) is 69.6 Å². The Balaban J connectivity index is 0.000000461. The Labute approximate surface area is 237 Å². The first kappa shape index (κ1) is 29.4. The van der Waals surface area contributed by atoms with Crippen LogP contribution in [0.5, 0.6) is 11.5 Å². The van der Waals surface area contributed by atoms with Crippen LogP contribution in [-0.4, -0.2) is 54.2 Å². The van der Waals surface area contributed by atoms with Crippen LogP contribution in [0.4, 0.5) is 0 Å². The van der Waals surface area contributed by atoms with Gasteiger partial charge in [-0.25, -0.2) is 0 Å². The highest BCUT2D eigenvalue weighted by molar-refractivity contribution is 6.22. The smallest absolute Gasteiger partial charge is 0.271 e. The average molecular weight is 546 g/mol. The van der Waals surface area contributed by atoms with E-state index in [4.69, 9.17) is 9.47 Å². The summed E-state index contributed by atoms with van der Waals surface area (Å²) in [6.45, 7) is 10.1. The van der Waals surface area contributed by atoms with E-state index in [-0.39, 0.29) is 23.2 Å². The van der Waals surface area contributed by atoms with Crippen molar-refractivity contribution in [2.75, 3.05) is 27.3 Å². The number of hydrogen-bond donors (Lipinski definition) is 2. The van der Waals surface area contributed by atoms with E-state index in [0.717, 1.165) is 46.2 Å². The lowest BCUT2D eigenvalue weighted by Gasteiger charge is -2.37. The number of benzene rings is 2. The van der Waals surface area contributed by atoms with E-state index in [1.807, 2.05) is 49.4 Å². The van der Waals surface area contributed by atoms with E-state index in [1.165, 1.54) is 19.4 Å². The predicted octanol–water partition coefficient (Wildman–Crippen LogP) is 6.22. The molecule has 7 nitrogen and oxygen atoms in total. The van der Waals surface area contributed by atoms with Gasteiger partial charge in [0.15, 0.2) is 5.78 Å². The highest BCUT2D eigenvalue weighted by Gasteiger charge is 2.30. The van der Waals surface area contributed by atoms with E-state index in [0.29, 0.717) is 24.2 Å². The van der Waals surface area contributed by atoms with Crippen molar-refractivity contribution in [2.24, 2.45) is 5.92 Å². The zero-order valence-electron chi connectivity index (χ0n) is 24.7. The molecule has 1 saturated heterocycles. The first-order valence-corrected chi connectivity index (χ1v) is 14.4. The second kappa shape index (κ2) is 13.2. The Morgan fingerprint density at radius 1 is 1.23 bits per heavy atom. The van der Waals surface area contributed by atoms with Crippen molar-refractivity contribution in [1.29, 1.82) is 0 Å². The van der Waals surface area contributed by atoms with Crippen LogP contribution >= 0.6 is 0 Å². The van der Waals surface area contributed by atoms with Gasteiger partial charge in [-0.05, 0) is 92.6 Å². The molecule has 0 amide bonds. The van der Waals surface area contributed by atoms with Gasteiger partial charge >= 0.3 is 0 Å². The number of methoxy groups -OCH3 is 1. The molecule has 2 aliphatic heterocycles. The first-order chi connectivity index (χ1) is 19.3. The molecule has 0 aliphatic carbocycles. The van der Waals surface area contributed by atoms with Gasteiger partial charge in [0.2, 0.25) is 0 Å². The summed E-state index contributed by atoms with van der Waals surface area (Å²) < 4.78 is 11.3. The lowest BCUT2D eigenvalue weighted by atomic mass is 9.82. The lowest BCUT2D eigenvalue weighted by Crippen LogP contribution is -2.43. The minimum Gasteiger partial charge on any atom is -0.497 e. The summed E-state index contributed by atoms with van der Waals surface area (Å²) in [7, 11) is 3.82. The summed E-state index contributed by atoms with van der Waals surface area (Å²) in [5.41, 5.74) is 4.93. The number of aromatic amines is 2. The molecule has 0 bridgehead atoms. The monoisotopic (exact) mass is 545 g/mol. The lowest BCUT2D eigenvalue weighted by molar-refractivity contribution is -0.118. The maximum atomic E-state index is 13.7. The van der Waals surface area contributed by atoms with Crippen LogP contribution in [0.3, 0.4) is 0 Å². The first-order valence-electron chi connectivity index (χ1n) is 14.4. The van der Waals surface area contributed by atoms with Crippen LogP contribution in [0.25, 0.3) is 16.7 Å². The summed E-state index contributed by atoms with van der Waals surface area (Å²) >= 11 is 0. The molecule has 1 aromatic heterocycles. The Bertz CT molecular complexity index is 1400. The maximum absolute atomic E-state index is 13.7. The minimum atomic E-state index is -0.271. The molecule has 2 N–H and O–H groups in total. The van der Waals surface area contributed by atoms with Crippen LogP contribution in [0.15, 0.2) is 53.5 Å². The van der Waals surface area contributed by atoms with Crippen molar-refractivity contribution in [2.45, 2.75) is 65.3 Å². The van der Waals surface area contributed by atoms with Gasteiger partial charge in [0.1, 0.15) is 11.5 Å². The number of hydrogen-bond acceptors (Lipinski definition) is 5. The standard InChI is InChI=1S/C27H30N2O4.C6H13N/c1-5-16(3)23-13-17(24-14-28-29-27(24)31)7-9-22(23)21(6-2)26(30)19-11-18-12-20(32-4)8-10-25(18)33-15-19;1-3-6-4-5-7(6)2/h6-10,12-14,16,19H,5,11,15H2,1-4H3,(H2,28,29,31);6H,3-5H2,1-2H3/b21-6+;. The molecule has 3 aromatic rings. The minimum absolute atomic E-state index is 0.0720. The van der Waals surface area contributed by atoms with Crippen molar-refractivity contribution >= 4 is 11.4 Å². The number of H-pyrrole nitrogens is 2.